The molecular formula is C36H21Cl2F5N2O5. The highest BCUT2D eigenvalue weighted by Crippen LogP contribution is 2.67. The molecule has 14 heteroatoms. The van der Waals surface area contributed by atoms with E-state index in [0.29, 0.717) is 10.8 Å². The van der Waals surface area contributed by atoms with Crippen molar-refractivity contribution in [1.82, 2.24) is 0 Å². The Kier molecular flexibility index (Phi) is 7.03. The smallest absolute Gasteiger partial charge is 0.258 e. The second kappa shape index (κ2) is 10.8. The van der Waals surface area contributed by atoms with E-state index in [-0.39, 0.29) is 28.1 Å². The van der Waals surface area contributed by atoms with E-state index < -0.39 is 104 Å². The Morgan fingerprint density at radius 2 is 1.32 bits per heavy atom. The summed E-state index contributed by atoms with van der Waals surface area (Å²) in [5.74, 6) is -21.9. The van der Waals surface area contributed by atoms with Gasteiger partial charge in [-0.1, -0.05) is 60.2 Å². The van der Waals surface area contributed by atoms with E-state index in [1.165, 1.54) is 6.07 Å². The molecule has 4 amide bonds. The minimum absolute atomic E-state index is 0.0296. The third-order valence-electron chi connectivity index (χ3n) is 10.5. The number of fused-ring (bicyclic) bond motifs is 5. The van der Waals surface area contributed by atoms with Crippen molar-refractivity contribution in [3.8, 4) is 5.75 Å². The summed E-state index contributed by atoms with van der Waals surface area (Å²) < 4.78 is 73.7. The number of imide groups is 2. The third-order valence-corrected chi connectivity index (χ3v) is 11.9. The molecule has 7 nitrogen and oxygen atoms in total. The summed E-state index contributed by atoms with van der Waals surface area (Å²) in [4.78, 5) is 52.2. The number of nitrogens with zero attached hydrogens (tertiary/aromatic N) is 2. The summed E-state index contributed by atoms with van der Waals surface area (Å²) in [6.45, 7) is 0. The maximum absolute atomic E-state index is 15.3. The molecule has 0 unspecified atom stereocenters. The van der Waals surface area contributed by atoms with Crippen molar-refractivity contribution in [2.75, 3.05) is 9.80 Å². The van der Waals surface area contributed by atoms with E-state index in [2.05, 4.69) is 0 Å². The quantitative estimate of drug-likeness (QED) is 0.0613. The number of halogens is 7. The standard InChI is InChI=1S/C36H21Cl2F5N2O5/c37-35-14-20-18(11-12-19-22(20)32(48)44(31(19)47)16-7-2-1-3-8-16)24(23-17-9-5-4-6-15(17)10-13-21(23)46)36(35,38)34(50)45(33(35)49)30-28(42)26(40)25(39)27(41)29(30)43/h1-11,13,19-20,22,24,46H,12,14H2/t19-,20+,22-,24+,35+,36-/m0/s1. The third kappa shape index (κ3) is 3.91. The molecule has 0 bridgehead atoms. The van der Waals surface area contributed by atoms with Gasteiger partial charge in [-0.2, -0.15) is 0 Å². The number of phenols is 1. The van der Waals surface area contributed by atoms with Crippen LogP contribution in [-0.2, 0) is 19.2 Å². The van der Waals surface area contributed by atoms with Crippen LogP contribution in [0.2, 0.25) is 0 Å². The van der Waals surface area contributed by atoms with E-state index in [4.69, 9.17) is 23.2 Å². The second-order valence-electron chi connectivity index (χ2n) is 12.8. The van der Waals surface area contributed by atoms with Crippen LogP contribution in [0.15, 0.2) is 78.4 Å². The summed E-state index contributed by atoms with van der Waals surface area (Å²) in [6.07, 6.45) is 0.903. The van der Waals surface area contributed by atoms with Crippen molar-refractivity contribution in [2.24, 2.45) is 17.8 Å². The molecule has 0 spiro atoms. The van der Waals surface area contributed by atoms with Crippen LogP contribution in [0.25, 0.3) is 10.8 Å². The number of hydrogen-bond acceptors (Lipinski definition) is 5. The second-order valence-corrected chi connectivity index (χ2v) is 14.0. The number of rotatable bonds is 3. The first-order chi connectivity index (χ1) is 23.8. The van der Waals surface area contributed by atoms with Gasteiger partial charge in [-0.15, -0.1) is 23.2 Å². The van der Waals surface area contributed by atoms with Gasteiger partial charge in [-0.05, 0) is 47.7 Å². The molecule has 4 aliphatic rings. The van der Waals surface area contributed by atoms with E-state index >= 15 is 8.78 Å². The van der Waals surface area contributed by atoms with Crippen LogP contribution in [0.5, 0.6) is 5.75 Å². The maximum atomic E-state index is 15.3. The minimum Gasteiger partial charge on any atom is -0.508 e. The van der Waals surface area contributed by atoms with Gasteiger partial charge in [0, 0.05) is 11.5 Å². The number of anilines is 2. The average molecular weight is 727 g/mol. The number of phenolic OH excluding ortho intramolecular Hbond substituents is 1. The van der Waals surface area contributed by atoms with Crippen molar-refractivity contribution in [1.29, 1.82) is 0 Å². The summed E-state index contributed by atoms with van der Waals surface area (Å²) in [5.41, 5.74) is -1.38. The number of hydrogen-bond donors (Lipinski definition) is 1. The molecule has 6 atom stereocenters. The molecule has 0 radical (unpaired) electrons. The van der Waals surface area contributed by atoms with E-state index in [9.17, 15) is 37.5 Å². The van der Waals surface area contributed by atoms with E-state index in [1.54, 1.807) is 66.7 Å². The predicted molar refractivity (Wildman–Crippen MR) is 171 cm³/mol. The number of para-hydroxylation sites is 1. The lowest BCUT2D eigenvalue weighted by Gasteiger charge is -2.51. The highest BCUT2D eigenvalue weighted by Gasteiger charge is 2.77. The molecule has 2 saturated heterocycles. The summed E-state index contributed by atoms with van der Waals surface area (Å²) in [6, 6.07) is 17.5. The Hall–Kier alpha value is -4.81. The number of carbonyl (C=O) groups is 4. The van der Waals surface area contributed by atoms with Gasteiger partial charge >= 0.3 is 0 Å². The zero-order valence-corrected chi connectivity index (χ0v) is 26.8. The Bertz CT molecular complexity index is 2240. The molecule has 0 aromatic heterocycles. The Morgan fingerprint density at radius 3 is 2.00 bits per heavy atom. The van der Waals surface area contributed by atoms with Gasteiger partial charge in [0.1, 0.15) is 11.4 Å². The van der Waals surface area contributed by atoms with E-state index in [0.717, 1.165) is 4.90 Å². The normalized spacial score (nSPS) is 29.0. The van der Waals surface area contributed by atoms with Gasteiger partial charge in [0.2, 0.25) is 17.6 Å². The fourth-order valence-corrected chi connectivity index (χ4v) is 9.22. The lowest BCUT2D eigenvalue weighted by molar-refractivity contribution is -0.125. The molecule has 4 aromatic carbocycles. The number of alkyl halides is 2. The topological polar surface area (TPSA) is 95.0 Å². The molecule has 8 rings (SSSR count). The van der Waals surface area contributed by atoms with Crippen LogP contribution < -0.4 is 9.80 Å². The lowest BCUT2D eigenvalue weighted by atomic mass is 9.56. The largest absolute Gasteiger partial charge is 0.508 e. The van der Waals surface area contributed by atoms with Gasteiger partial charge in [-0.25, -0.2) is 26.9 Å². The summed E-state index contributed by atoms with van der Waals surface area (Å²) in [7, 11) is 0. The van der Waals surface area contributed by atoms with Crippen LogP contribution in [0.4, 0.5) is 33.3 Å². The summed E-state index contributed by atoms with van der Waals surface area (Å²) in [5, 5.41) is 12.3. The monoisotopic (exact) mass is 726 g/mol. The first-order valence-electron chi connectivity index (χ1n) is 15.4. The first kappa shape index (κ1) is 32.4. The van der Waals surface area contributed by atoms with Crippen LogP contribution in [-0.4, -0.2) is 38.5 Å². The van der Waals surface area contributed by atoms with Gasteiger partial charge < -0.3 is 5.11 Å². The van der Waals surface area contributed by atoms with E-state index in [1.807, 2.05) is 0 Å². The van der Waals surface area contributed by atoms with Crippen LogP contribution >= 0.6 is 23.2 Å². The van der Waals surface area contributed by atoms with Gasteiger partial charge in [-0.3, -0.25) is 24.1 Å². The van der Waals surface area contributed by atoms with Crippen LogP contribution in [0.3, 0.4) is 0 Å². The Morgan fingerprint density at radius 1 is 0.700 bits per heavy atom. The van der Waals surface area contributed by atoms with Crippen molar-refractivity contribution in [3.63, 3.8) is 0 Å². The highest BCUT2D eigenvalue weighted by molar-refractivity contribution is 6.58. The molecule has 2 heterocycles. The van der Waals surface area contributed by atoms with Crippen LogP contribution in [0, 0.1) is 46.8 Å². The van der Waals surface area contributed by atoms with Crippen molar-refractivity contribution < 1.29 is 46.2 Å². The lowest BCUT2D eigenvalue weighted by Crippen LogP contribution is -2.60. The first-order valence-corrected chi connectivity index (χ1v) is 16.1. The zero-order valence-electron chi connectivity index (χ0n) is 25.3. The fraction of sp³-hybridized carbons (Fsp3) is 0.222. The number of carbonyl (C=O) groups excluding carboxylic acids is 4. The molecule has 2 aliphatic carbocycles. The number of allylic oxidation sites excluding steroid dienone is 2. The predicted octanol–water partition coefficient (Wildman–Crippen LogP) is 7.01. The zero-order chi connectivity index (χ0) is 35.6. The molecule has 1 saturated carbocycles. The molecule has 50 heavy (non-hydrogen) atoms. The molecular weight excluding hydrogens is 706 g/mol. The molecule has 254 valence electrons. The summed E-state index contributed by atoms with van der Waals surface area (Å²) >= 11 is 14.4. The van der Waals surface area contributed by atoms with Gasteiger partial charge in [0.05, 0.1) is 17.5 Å². The molecule has 3 fully saturated rings. The van der Waals surface area contributed by atoms with Crippen molar-refractivity contribution in [2.45, 2.75) is 28.5 Å². The maximum Gasteiger partial charge on any atom is 0.258 e. The van der Waals surface area contributed by atoms with Gasteiger partial charge in [0.15, 0.2) is 33.0 Å². The fourth-order valence-electron chi connectivity index (χ4n) is 8.30. The van der Waals surface area contributed by atoms with Gasteiger partial charge in [0.25, 0.3) is 11.8 Å². The average Bonchev–Trinajstić information content (AvgIpc) is 3.45. The molecule has 2 aliphatic heterocycles. The molecule has 4 aromatic rings. The number of amides is 4. The number of aromatic hydroxyl groups is 1. The Balaban J connectivity index is 1.39. The SMILES string of the molecule is O=C1[C@H]2[C@H](CC=C3[C@H]2C[C@@]2(Cl)C(=O)N(c4c(F)c(F)c(F)c(F)c4F)C(=O)[C@@]2(Cl)[C@H]3c2c(O)ccc3ccccc23)C(=O)N1c1ccccc1. The molecule has 1 N–H and O–H groups in total. The number of benzene rings is 4. The minimum atomic E-state index is -2.76. The Labute approximate surface area is 289 Å². The highest BCUT2D eigenvalue weighted by atomic mass is 35.5. The van der Waals surface area contributed by atoms with Crippen molar-refractivity contribution in [3.05, 3.63) is 113 Å². The van der Waals surface area contributed by atoms with Crippen LogP contribution in [0.1, 0.15) is 24.3 Å². The van der Waals surface area contributed by atoms with Crippen molar-refractivity contribution >= 4 is 69.0 Å².